The Kier molecular flexibility index (Phi) is 8.52. The zero-order valence-electron chi connectivity index (χ0n) is 21.2. The largest absolute Gasteiger partial charge is 0.496 e. The van der Waals surface area contributed by atoms with Gasteiger partial charge in [0.25, 0.3) is 5.91 Å². The lowest BCUT2D eigenvalue weighted by atomic mass is 10.2. The van der Waals surface area contributed by atoms with Gasteiger partial charge in [-0.05, 0) is 19.1 Å². The lowest BCUT2D eigenvalue weighted by Gasteiger charge is -2.17. The first kappa shape index (κ1) is 27.7. The number of imidazole rings is 1. The van der Waals surface area contributed by atoms with Gasteiger partial charge in [-0.3, -0.25) is 9.78 Å². The Labute approximate surface area is 226 Å². The number of nitrogens with one attached hydrogen (secondary N) is 2. The maximum absolute atomic E-state index is 14.6. The molecule has 0 aliphatic carbocycles. The van der Waals surface area contributed by atoms with Crippen molar-refractivity contribution in [2.45, 2.75) is 20.1 Å². The minimum absolute atomic E-state index is 0.00762. The molecule has 4 aromatic rings. The van der Waals surface area contributed by atoms with E-state index in [2.05, 4.69) is 20.3 Å². The number of methoxy groups -OCH3 is 2. The highest BCUT2D eigenvalue weighted by molar-refractivity contribution is 6.32. The van der Waals surface area contributed by atoms with Crippen LogP contribution in [0.4, 0.5) is 4.39 Å². The summed E-state index contributed by atoms with van der Waals surface area (Å²) in [6.45, 7) is 1.04. The van der Waals surface area contributed by atoms with Crippen LogP contribution in [0.25, 0.3) is 16.9 Å². The normalized spacial score (nSPS) is 10.9. The first-order valence-corrected chi connectivity index (χ1v) is 12.0. The predicted molar refractivity (Wildman–Crippen MR) is 138 cm³/mol. The molecule has 0 bridgehead atoms. The van der Waals surface area contributed by atoms with E-state index < -0.39 is 18.1 Å². The fourth-order valence-corrected chi connectivity index (χ4v) is 4.02. The molecular weight excluding hydrogens is 537 g/mol. The Morgan fingerprint density at radius 2 is 1.92 bits per heavy atom. The summed E-state index contributed by atoms with van der Waals surface area (Å²) in [4.78, 5) is 35.9. The molecule has 3 N–H and O–H groups in total. The van der Waals surface area contributed by atoms with Gasteiger partial charge in [-0.2, -0.15) is 4.98 Å². The third-order valence-electron chi connectivity index (χ3n) is 5.54. The predicted octanol–water partition coefficient (Wildman–Crippen LogP) is 2.50. The number of rotatable bonds is 11. The minimum Gasteiger partial charge on any atom is -0.496 e. The Hall–Kier alpha value is -4.36. The Balaban J connectivity index is 1.83. The molecule has 0 aliphatic rings. The second-order valence-corrected chi connectivity index (χ2v) is 8.38. The smallest absolute Gasteiger partial charge is 0.332 e. The van der Waals surface area contributed by atoms with Crippen molar-refractivity contribution in [3.05, 3.63) is 63.0 Å². The summed E-state index contributed by atoms with van der Waals surface area (Å²) in [5.74, 6) is -0.499. The van der Waals surface area contributed by atoms with Gasteiger partial charge in [0.05, 0.1) is 30.5 Å². The number of likely N-dealkylation sites (N-methyl/N-ethyl adjacent to an activating group) is 1. The summed E-state index contributed by atoms with van der Waals surface area (Å²) in [6.07, 6.45) is 0. The van der Waals surface area contributed by atoms with Crippen LogP contribution in [0.5, 0.6) is 23.1 Å². The second kappa shape index (κ2) is 12.0. The second-order valence-electron chi connectivity index (χ2n) is 7.97. The number of aliphatic hydroxyl groups is 1. The van der Waals surface area contributed by atoms with Crippen LogP contribution in [0.3, 0.4) is 0 Å². The van der Waals surface area contributed by atoms with Crippen LogP contribution >= 0.6 is 11.6 Å². The van der Waals surface area contributed by atoms with Crippen molar-refractivity contribution in [3.8, 4) is 28.8 Å². The van der Waals surface area contributed by atoms with Crippen molar-refractivity contribution in [1.82, 2.24) is 24.8 Å². The van der Waals surface area contributed by atoms with Gasteiger partial charge in [-0.15, -0.1) is 0 Å². The monoisotopic (exact) mass is 561 g/mol. The molecule has 4 rings (SSSR count). The van der Waals surface area contributed by atoms with E-state index in [9.17, 15) is 19.1 Å². The van der Waals surface area contributed by atoms with Crippen LogP contribution in [0, 0.1) is 5.82 Å². The summed E-state index contributed by atoms with van der Waals surface area (Å²) < 4.78 is 37.7. The lowest BCUT2D eigenvalue weighted by Crippen LogP contribution is -2.28. The number of ether oxygens (including phenoxy) is 4. The Morgan fingerprint density at radius 3 is 2.62 bits per heavy atom. The summed E-state index contributed by atoms with van der Waals surface area (Å²) in [7, 11) is 2.76. The fraction of sp³-hybridized carbons (Fsp3) is 0.280. The minimum atomic E-state index is -0.632. The average molecular weight is 562 g/mol. The van der Waals surface area contributed by atoms with Gasteiger partial charge in [-0.25, -0.2) is 18.7 Å². The molecule has 0 atom stereocenters. The number of halogens is 2. The molecule has 2 aromatic carbocycles. The third-order valence-corrected chi connectivity index (χ3v) is 5.84. The number of amides is 1. The van der Waals surface area contributed by atoms with Crippen molar-refractivity contribution in [2.75, 3.05) is 27.4 Å². The number of aromatic nitrogens is 4. The number of aromatic amines is 1. The van der Waals surface area contributed by atoms with Crippen LogP contribution in [0.1, 0.15) is 18.3 Å². The average Bonchev–Trinajstić information content (AvgIpc) is 3.26. The van der Waals surface area contributed by atoms with E-state index in [-0.39, 0.29) is 75.5 Å². The standard InChI is InChI=1S/C25H25ClFN5O7/c1-4-28-21(34)12-39-18-8-14(26)16(9-19(18)38-11-13-15(27)6-5-7-17(13)36-2)32-23-22(31-25(32)35)24(37-3)30-20(10-33)29-23/h5-9,33H,4,10-12H2,1-3H3,(H,28,34)(H,31,35). The molecule has 2 aromatic heterocycles. The molecule has 0 fully saturated rings. The first-order chi connectivity index (χ1) is 18.8. The molecule has 1 amide bonds. The van der Waals surface area contributed by atoms with Crippen molar-refractivity contribution in [2.24, 2.45) is 0 Å². The van der Waals surface area contributed by atoms with Crippen molar-refractivity contribution >= 4 is 28.7 Å². The molecule has 0 spiro atoms. The fourth-order valence-electron chi connectivity index (χ4n) is 3.78. The number of nitrogens with zero attached hydrogens (tertiary/aromatic N) is 3. The molecule has 14 heteroatoms. The number of H-pyrrole nitrogens is 1. The quantitative estimate of drug-likeness (QED) is 0.251. The summed E-state index contributed by atoms with van der Waals surface area (Å²) >= 11 is 6.57. The maximum atomic E-state index is 14.6. The SMILES string of the molecule is CCNC(=O)COc1cc(Cl)c(-n2c(=O)[nH]c3c(OC)nc(CO)nc32)cc1OCc1c(F)cccc1OC. The van der Waals surface area contributed by atoms with E-state index in [1.807, 2.05) is 0 Å². The van der Waals surface area contributed by atoms with E-state index >= 15 is 0 Å². The lowest BCUT2D eigenvalue weighted by molar-refractivity contribution is -0.123. The molecule has 0 aliphatic heterocycles. The number of hydrogen-bond donors (Lipinski definition) is 3. The van der Waals surface area contributed by atoms with Gasteiger partial charge < -0.3 is 29.4 Å². The van der Waals surface area contributed by atoms with Crippen LogP contribution in [0.2, 0.25) is 5.02 Å². The highest BCUT2D eigenvalue weighted by Crippen LogP contribution is 2.37. The maximum Gasteiger partial charge on any atom is 0.332 e. The number of benzene rings is 2. The van der Waals surface area contributed by atoms with Crippen LogP contribution in [0.15, 0.2) is 35.1 Å². The number of carbonyl (C=O) groups is 1. The molecule has 2 heterocycles. The van der Waals surface area contributed by atoms with Gasteiger partial charge in [0.1, 0.15) is 30.3 Å². The molecule has 39 heavy (non-hydrogen) atoms. The zero-order chi connectivity index (χ0) is 28.1. The summed E-state index contributed by atoms with van der Waals surface area (Å²) in [5, 5.41) is 12.2. The van der Waals surface area contributed by atoms with E-state index in [1.165, 1.54) is 38.5 Å². The van der Waals surface area contributed by atoms with Gasteiger partial charge in [0.2, 0.25) is 5.88 Å². The van der Waals surface area contributed by atoms with E-state index in [4.69, 9.17) is 30.5 Å². The molecule has 0 saturated heterocycles. The van der Waals surface area contributed by atoms with Crippen LogP contribution in [-0.2, 0) is 18.0 Å². The Morgan fingerprint density at radius 1 is 1.15 bits per heavy atom. The zero-order valence-corrected chi connectivity index (χ0v) is 22.0. The van der Waals surface area contributed by atoms with Crippen molar-refractivity contribution in [3.63, 3.8) is 0 Å². The molecule has 206 valence electrons. The highest BCUT2D eigenvalue weighted by atomic mass is 35.5. The molecule has 12 nitrogen and oxygen atoms in total. The van der Waals surface area contributed by atoms with Crippen LogP contribution < -0.4 is 30.0 Å². The number of aliphatic hydroxyl groups excluding tert-OH is 1. The van der Waals surface area contributed by atoms with Crippen molar-refractivity contribution < 1.29 is 33.2 Å². The van der Waals surface area contributed by atoms with E-state index in [1.54, 1.807) is 13.0 Å². The van der Waals surface area contributed by atoms with Crippen LogP contribution in [-0.4, -0.2) is 57.9 Å². The van der Waals surface area contributed by atoms with Gasteiger partial charge >= 0.3 is 5.69 Å². The topological polar surface area (TPSA) is 150 Å². The van der Waals surface area contributed by atoms with E-state index in [0.29, 0.717) is 6.54 Å². The number of carbonyl (C=O) groups excluding carboxylic acids is 1. The molecule has 0 radical (unpaired) electrons. The number of hydrogen-bond acceptors (Lipinski definition) is 9. The number of fused-ring (bicyclic) bond motifs is 1. The highest BCUT2D eigenvalue weighted by Gasteiger charge is 2.22. The summed E-state index contributed by atoms with van der Waals surface area (Å²) in [6, 6.07) is 7.10. The first-order valence-electron chi connectivity index (χ1n) is 11.6. The van der Waals surface area contributed by atoms with Gasteiger partial charge in [-0.1, -0.05) is 17.7 Å². The van der Waals surface area contributed by atoms with Gasteiger partial charge in [0.15, 0.2) is 29.6 Å². The Bertz CT molecular complexity index is 1570. The molecule has 0 saturated carbocycles. The third kappa shape index (κ3) is 5.73. The molecular formula is C25H25ClFN5O7. The summed E-state index contributed by atoms with van der Waals surface area (Å²) in [5.41, 5.74) is -0.118. The van der Waals surface area contributed by atoms with Gasteiger partial charge in [0, 0.05) is 18.7 Å². The van der Waals surface area contributed by atoms with E-state index in [0.717, 1.165) is 4.57 Å². The van der Waals surface area contributed by atoms with Crippen molar-refractivity contribution in [1.29, 1.82) is 0 Å². The molecule has 0 unspecified atom stereocenters.